The van der Waals surface area contributed by atoms with Gasteiger partial charge in [0.25, 0.3) is 0 Å². The van der Waals surface area contributed by atoms with E-state index in [9.17, 15) is 18.0 Å². The number of nitrogens with zero attached hydrogens (tertiary/aromatic N) is 4. The molecule has 214 valence electrons. The van der Waals surface area contributed by atoms with Crippen molar-refractivity contribution in [2.75, 3.05) is 74.2 Å². The smallest absolute Gasteiger partial charge is 0.248 e. The van der Waals surface area contributed by atoms with Crippen LogP contribution in [0.15, 0.2) is 17.0 Å². The second-order valence-electron chi connectivity index (χ2n) is 10.6. The highest BCUT2D eigenvalue weighted by Crippen LogP contribution is 2.29. The lowest BCUT2D eigenvalue weighted by molar-refractivity contribution is -0.140. The molecular weight excluding hydrogens is 508 g/mol. The first-order valence-electron chi connectivity index (χ1n) is 13.4. The zero-order chi connectivity index (χ0) is 28.0. The van der Waals surface area contributed by atoms with E-state index in [4.69, 9.17) is 9.47 Å². The van der Waals surface area contributed by atoms with Gasteiger partial charge in [-0.2, -0.15) is 4.31 Å². The van der Waals surface area contributed by atoms with Crippen LogP contribution in [-0.4, -0.2) is 119 Å². The third kappa shape index (κ3) is 7.25. The van der Waals surface area contributed by atoms with Gasteiger partial charge in [-0.25, -0.2) is 8.42 Å². The third-order valence-electron chi connectivity index (χ3n) is 7.92. The summed E-state index contributed by atoms with van der Waals surface area (Å²) in [5.74, 6) is 0.784. The standard InChI is InChI=1S/C27H44N4O6S/c1-20-17-24(36-6)18-21(2)26(20)38(34,35)29(4)15-16-37-19-25(32)30(5)23-9-7-22(8-10-23)27(33)31-13-11-28(3)12-14-31/h17-18,22-23H,7-16,19H2,1-6H3/t22-,23+. The van der Waals surface area contributed by atoms with Crippen molar-refractivity contribution in [3.05, 3.63) is 23.3 Å². The van der Waals surface area contributed by atoms with Crippen LogP contribution >= 0.6 is 0 Å². The van der Waals surface area contributed by atoms with Crippen molar-refractivity contribution in [3.63, 3.8) is 0 Å². The van der Waals surface area contributed by atoms with E-state index in [1.807, 2.05) is 4.90 Å². The van der Waals surface area contributed by atoms with Gasteiger partial charge in [0.05, 0.1) is 18.6 Å². The lowest BCUT2D eigenvalue weighted by Crippen LogP contribution is -2.50. The van der Waals surface area contributed by atoms with E-state index in [1.54, 1.807) is 45.0 Å². The van der Waals surface area contributed by atoms with Crippen molar-refractivity contribution in [1.29, 1.82) is 0 Å². The minimum absolute atomic E-state index is 0.0462. The minimum atomic E-state index is -3.71. The number of methoxy groups -OCH3 is 1. The predicted octanol–water partition coefficient (Wildman–Crippen LogP) is 1.74. The summed E-state index contributed by atoms with van der Waals surface area (Å²) < 4.78 is 38.3. The second-order valence-corrected chi connectivity index (χ2v) is 12.6. The molecule has 0 radical (unpaired) electrons. The molecule has 1 aliphatic heterocycles. The molecule has 0 aromatic heterocycles. The van der Waals surface area contributed by atoms with Crippen LogP contribution in [0.25, 0.3) is 0 Å². The Morgan fingerprint density at radius 2 is 1.58 bits per heavy atom. The van der Waals surface area contributed by atoms with Gasteiger partial charge < -0.3 is 24.2 Å². The van der Waals surface area contributed by atoms with Crippen molar-refractivity contribution in [2.45, 2.75) is 50.5 Å². The molecule has 1 heterocycles. The monoisotopic (exact) mass is 552 g/mol. The summed E-state index contributed by atoms with van der Waals surface area (Å²) in [5.41, 5.74) is 1.23. The molecule has 1 aliphatic carbocycles. The van der Waals surface area contributed by atoms with Gasteiger partial charge in [-0.15, -0.1) is 0 Å². The van der Waals surface area contributed by atoms with Gasteiger partial charge in [0, 0.05) is 58.8 Å². The first kappa shape index (κ1) is 30.3. The van der Waals surface area contributed by atoms with Crippen molar-refractivity contribution in [2.24, 2.45) is 5.92 Å². The lowest BCUT2D eigenvalue weighted by atomic mass is 9.84. The number of piperazine rings is 1. The highest BCUT2D eigenvalue weighted by molar-refractivity contribution is 7.89. The van der Waals surface area contributed by atoms with Gasteiger partial charge >= 0.3 is 0 Å². The van der Waals surface area contributed by atoms with E-state index in [-0.39, 0.29) is 48.4 Å². The number of rotatable bonds is 10. The number of hydrogen-bond acceptors (Lipinski definition) is 7. The Kier molecular flexibility index (Phi) is 10.6. The summed E-state index contributed by atoms with van der Waals surface area (Å²) in [6, 6.07) is 3.50. The number of benzene rings is 1. The Morgan fingerprint density at radius 3 is 2.13 bits per heavy atom. The number of hydrogen-bond donors (Lipinski definition) is 0. The number of amides is 2. The molecule has 1 aromatic carbocycles. The molecule has 0 spiro atoms. The van der Waals surface area contributed by atoms with E-state index < -0.39 is 10.0 Å². The Bertz CT molecular complexity index is 1060. The fourth-order valence-electron chi connectivity index (χ4n) is 5.36. The van der Waals surface area contributed by atoms with Crippen molar-refractivity contribution in [1.82, 2.24) is 19.0 Å². The average Bonchev–Trinajstić information content (AvgIpc) is 2.89. The Labute approximate surface area is 227 Å². The molecule has 3 rings (SSSR count). The van der Waals surface area contributed by atoms with E-state index >= 15 is 0 Å². The first-order valence-corrected chi connectivity index (χ1v) is 14.8. The van der Waals surface area contributed by atoms with Gasteiger partial charge in [-0.1, -0.05) is 0 Å². The number of carbonyl (C=O) groups is 2. The molecule has 0 unspecified atom stereocenters. The molecule has 10 nitrogen and oxygen atoms in total. The van der Waals surface area contributed by atoms with Crippen LogP contribution in [0, 0.1) is 19.8 Å². The van der Waals surface area contributed by atoms with Crippen LogP contribution in [0.5, 0.6) is 5.75 Å². The Balaban J connectivity index is 1.41. The number of ether oxygens (including phenoxy) is 2. The normalized spacial score (nSPS) is 21.0. The third-order valence-corrected chi connectivity index (χ3v) is 10.1. The molecule has 0 atom stereocenters. The number of sulfonamides is 1. The van der Waals surface area contributed by atoms with Gasteiger partial charge in [0.15, 0.2) is 0 Å². The fraction of sp³-hybridized carbons (Fsp3) is 0.704. The largest absolute Gasteiger partial charge is 0.497 e. The Hall–Kier alpha value is -2.21. The number of carbonyl (C=O) groups excluding carboxylic acids is 2. The van der Waals surface area contributed by atoms with Crippen LogP contribution in [0.1, 0.15) is 36.8 Å². The molecule has 2 fully saturated rings. The molecular formula is C27H44N4O6S. The summed E-state index contributed by atoms with van der Waals surface area (Å²) in [7, 11) is 3.21. The van der Waals surface area contributed by atoms with Crippen LogP contribution in [0.3, 0.4) is 0 Å². The van der Waals surface area contributed by atoms with Crippen molar-refractivity contribution >= 4 is 21.8 Å². The second kappa shape index (κ2) is 13.2. The van der Waals surface area contributed by atoms with Crippen LogP contribution in [-0.2, 0) is 24.3 Å². The maximum absolute atomic E-state index is 13.1. The minimum Gasteiger partial charge on any atom is -0.497 e. The fourth-order valence-corrected chi connectivity index (χ4v) is 6.92. The molecule has 0 N–H and O–H groups in total. The zero-order valence-corrected chi connectivity index (χ0v) is 24.6. The van der Waals surface area contributed by atoms with E-state index in [2.05, 4.69) is 11.9 Å². The van der Waals surface area contributed by atoms with Crippen LogP contribution in [0.2, 0.25) is 0 Å². The van der Waals surface area contributed by atoms with Crippen LogP contribution in [0.4, 0.5) is 0 Å². The van der Waals surface area contributed by atoms with Crippen LogP contribution < -0.4 is 4.74 Å². The maximum atomic E-state index is 13.1. The number of aryl methyl sites for hydroxylation is 2. The molecule has 0 bridgehead atoms. The van der Waals surface area contributed by atoms with Crippen molar-refractivity contribution < 1.29 is 27.5 Å². The highest BCUT2D eigenvalue weighted by atomic mass is 32.2. The molecule has 2 aliphatic rings. The lowest BCUT2D eigenvalue weighted by Gasteiger charge is -2.38. The molecule has 2 amide bonds. The summed E-state index contributed by atoms with van der Waals surface area (Å²) >= 11 is 0. The zero-order valence-electron chi connectivity index (χ0n) is 23.7. The van der Waals surface area contributed by atoms with E-state index in [0.717, 1.165) is 51.9 Å². The van der Waals surface area contributed by atoms with Crippen molar-refractivity contribution in [3.8, 4) is 5.75 Å². The molecule has 1 aromatic rings. The molecule has 38 heavy (non-hydrogen) atoms. The number of likely N-dealkylation sites (N-methyl/N-ethyl adjacent to an activating group) is 3. The Morgan fingerprint density at radius 1 is 1.00 bits per heavy atom. The maximum Gasteiger partial charge on any atom is 0.248 e. The predicted molar refractivity (Wildman–Crippen MR) is 146 cm³/mol. The van der Waals surface area contributed by atoms with E-state index in [0.29, 0.717) is 16.9 Å². The topological polar surface area (TPSA) is 99.7 Å². The summed E-state index contributed by atoms with van der Waals surface area (Å²) in [6.07, 6.45) is 3.18. The first-order chi connectivity index (χ1) is 17.9. The summed E-state index contributed by atoms with van der Waals surface area (Å²) in [5, 5.41) is 0. The molecule has 11 heteroatoms. The quantitative estimate of drug-likeness (QED) is 0.408. The summed E-state index contributed by atoms with van der Waals surface area (Å²) in [6.45, 7) is 7.04. The van der Waals surface area contributed by atoms with Gasteiger partial charge in [0.1, 0.15) is 12.4 Å². The van der Waals surface area contributed by atoms with Gasteiger partial charge in [0.2, 0.25) is 21.8 Å². The highest BCUT2D eigenvalue weighted by Gasteiger charge is 2.33. The van der Waals surface area contributed by atoms with E-state index in [1.165, 1.54) is 11.4 Å². The van der Waals surface area contributed by atoms with Gasteiger partial charge in [-0.05, 0) is 69.8 Å². The van der Waals surface area contributed by atoms with Gasteiger partial charge in [-0.3, -0.25) is 9.59 Å². The molecule has 1 saturated carbocycles. The summed E-state index contributed by atoms with van der Waals surface area (Å²) in [4.78, 5) is 31.8. The SMILES string of the molecule is COc1cc(C)c(S(=O)(=O)N(C)CCOCC(=O)N(C)[C@H]2CC[C@@H](C(=O)N3CCN(C)CC3)CC2)c(C)c1. The average molecular weight is 553 g/mol. The molecule has 1 saturated heterocycles.